The van der Waals surface area contributed by atoms with Gasteiger partial charge >= 0.3 is 0 Å². The van der Waals surface area contributed by atoms with Gasteiger partial charge in [-0.1, -0.05) is 26.2 Å². The van der Waals surface area contributed by atoms with Gasteiger partial charge in [0, 0.05) is 10.5 Å². The van der Waals surface area contributed by atoms with E-state index in [9.17, 15) is 8.42 Å². The third-order valence-electron chi connectivity index (χ3n) is 3.51. The number of halogens is 1. The first-order valence-electron chi connectivity index (χ1n) is 6.28. The monoisotopic (exact) mass is 351 g/mol. The Morgan fingerprint density at radius 1 is 1.50 bits per heavy atom. The minimum atomic E-state index is -3.36. The van der Waals surface area contributed by atoms with Gasteiger partial charge in [0.15, 0.2) is 0 Å². The SMILES string of the molecule is CCC1CCCC(NS(=O)(=O)c2sccc2Br)C1. The first kappa shape index (κ1) is 14.5. The van der Waals surface area contributed by atoms with Crippen LogP contribution in [0.3, 0.4) is 0 Å². The molecule has 102 valence electrons. The summed E-state index contributed by atoms with van der Waals surface area (Å²) in [5, 5.41) is 1.79. The summed E-state index contributed by atoms with van der Waals surface area (Å²) < 4.78 is 28.4. The van der Waals surface area contributed by atoms with Gasteiger partial charge in [-0.05, 0) is 46.1 Å². The second-order valence-corrected chi connectivity index (χ2v) is 8.49. The van der Waals surface area contributed by atoms with Gasteiger partial charge in [0.2, 0.25) is 0 Å². The van der Waals surface area contributed by atoms with Gasteiger partial charge in [0.1, 0.15) is 4.21 Å². The minimum absolute atomic E-state index is 0.0997. The molecule has 3 nitrogen and oxygen atoms in total. The molecule has 0 saturated heterocycles. The Bertz CT molecular complexity index is 498. The van der Waals surface area contributed by atoms with Crippen LogP contribution in [0.5, 0.6) is 0 Å². The molecule has 6 heteroatoms. The number of rotatable bonds is 4. The molecule has 2 atom stereocenters. The van der Waals surface area contributed by atoms with Crippen molar-refractivity contribution in [2.45, 2.75) is 49.3 Å². The summed E-state index contributed by atoms with van der Waals surface area (Å²) in [6, 6.07) is 1.87. The molecule has 2 unspecified atom stereocenters. The summed E-state index contributed by atoms with van der Waals surface area (Å²) in [5.41, 5.74) is 0. The average molecular weight is 352 g/mol. The molecule has 1 aliphatic carbocycles. The molecule has 0 aromatic carbocycles. The molecule has 1 aliphatic rings. The van der Waals surface area contributed by atoms with Crippen LogP contribution in [0.4, 0.5) is 0 Å². The lowest BCUT2D eigenvalue weighted by atomic mass is 9.85. The Kier molecular flexibility index (Phi) is 4.86. The van der Waals surface area contributed by atoms with Crippen molar-refractivity contribution >= 4 is 37.3 Å². The third kappa shape index (κ3) is 3.35. The Morgan fingerprint density at radius 3 is 2.89 bits per heavy atom. The van der Waals surface area contributed by atoms with Gasteiger partial charge in [0.25, 0.3) is 10.0 Å². The highest BCUT2D eigenvalue weighted by Crippen LogP contribution is 2.30. The maximum atomic E-state index is 12.2. The minimum Gasteiger partial charge on any atom is -0.207 e. The van der Waals surface area contributed by atoms with Crippen molar-refractivity contribution in [2.24, 2.45) is 5.92 Å². The Hall–Kier alpha value is 0.0900. The van der Waals surface area contributed by atoms with Crippen LogP contribution in [0.15, 0.2) is 20.1 Å². The molecule has 1 fully saturated rings. The molecule has 1 saturated carbocycles. The molecule has 18 heavy (non-hydrogen) atoms. The van der Waals surface area contributed by atoms with Gasteiger partial charge in [-0.2, -0.15) is 0 Å². The van der Waals surface area contributed by atoms with E-state index in [2.05, 4.69) is 27.6 Å². The summed E-state index contributed by atoms with van der Waals surface area (Å²) in [4.78, 5) is 0. The molecule has 1 heterocycles. The lowest BCUT2D eigenvalue weighted by Gasteiger charge is -2.28. The molecule has 2 rings (SSSR count). The summed E-state index contributed by atoms with van der Waals surface area (Å²) in [5.74, 6) is 0.665. The van der Waals surface area contributed by atoms with Gasteiger partial charge in [-0.3, -0.25) is 0 Å². The number of hydrogen-bond acceptors (Lipinski definition) is 3. The van der Waals surface area contributed by atoms with Crippen LogP contribution < -0.4 is 4.72 Å². The van der Waals surface area contributed by atoms with Crippen molar-refractivity contribution < 1.29 is 8.42 Å². The van der Waals surface area contributed by atoms with Gasteiger partial charge < -0.3 is 0 Å². The number of nitrogens with one attached hydrogen (secondary N) is 1. The smallest absolute Gasteiger partial charge is 0.207 e. The van der Waals surface area contributed by atoms with Gasteiger partial charge in [0.05, 0.1) is 0 Å². The molecular formula is C12H18BrNO2S2. The maximum Gasteiger partial charge on any atom is 0.251 e. The predicted octanol–water partition coefficient (Wildman–Crippen LogP) is 3.76. The van der Waals surface area contributed by atoms with Crippen molar-refractivity contribution in [3.8, 4) is 0 Å². The van der Waals surface area contributed by atoms with Crippen LogP contribution in [0.2, 0.25) is 0 Å². The molecule has 1 aromatic rings. The van der Waals surface area contributed by atoms with Crippen LogP contribution in [-0.4, -0.2) is 14.5 Å². The van der Waals surface area contributed by atoms with Crippen molar-refractivity contribution in [3.63, 3.8) is 0 Å². The second kappa shape index (κ2) is 6.03. The fourth-order valence-electron chi connectivity index (χ4n) is 2.51. The Balaban J connectivity index is 2.07. The van der Waals surface area contributed by atoms with Crippen LogP contribution in [0, 0.1) is 5.92 Å². The lowest BCUT2D eigenvalue weighted by molar-refractivity contribution is 0.301. The van der Waals surface area contributed by atoms with E-state index in [4.69, 9.17) is 0 Å². The normalized spacial score (nSPS) is 25.2. The molecule has 0 spiro atoms. The standard InChI is InChI=1S/C12H18BrNO2S2/c1-2-9-4-3-5-10(8-9)14-18(15,16)12-11(13)6-7-17-12/h6-7,9-10,14H,2-5,8H2,1H3. The van der Waals surface area contributed by atoms with E-state index in [1.807, 2.05) is 0 Å². The molecule has 1 aromatic heterocycles. The molecular weight excluding hydrogens is 334 g/mol. The highest BCUT2D eigenvalue weighted by atomic mass is 79.9. The summed E-state index contributed by atoms with van der Waals surface area (Å²) in [6.45, 7) is 2.18. The van der Waals surface area contributed by atoms with E-state index < -0.39 is 10.0 Å². The van der Waals surface area contributed by atoms with Gasteiger partial charge in [-0.25, -0.2) is 13.1 Å². The molecule has 0 radical (unpaired) electrons. The van der Waals surface area contributed by atoms with Crippen LogP contribution in [0.1, 0.15) is 39.0 Å². The zero-order valence-corrected chi connectivity index (χ0v) is 13.6. The number of sulfonamides is 1. The van der Waals surface area contributed by atoms with E-state index in [1.165, 1.54) is 17.8 Å². The van der Waals surface area contributed by atoms with E-state index in [0.29, 0.717) is 14.6 Å². The van der Waals surface area contributed by atoms with E-state index in [-0.39, 0.29) is 6.04 Å². The van der Waals surface area contributed by atoms with Crippen LogP contribution in [0.25, 0.3) is 0 Å². The molecule has 0 aliphatic heterocycles. The predicted molar refractivity (Wildman–Crippen MR) is 78.4 cm³/mol. The van der Waals surface area contributed by atoms with E-state index in [0.717, 1.165) is 25.7 Å². The highest BCUT2D eigenvalue weighted by Gasteiger charge is 2.27. The zero-order valence-electron chi connectivity index (χ0n) is 10.4. The van der Waals surface area contributed by atoms with Crippen molar-refractivity contribution in [1.82, 2.24) is 4.72 Å². The lowest BCUT2D eigenvalue weighted by Crippen LogP contribution is -2.38. The first-order valence-corrected chi connectivity index (χ1v) is 9.44. The van der Waals surface area contributed by atoms with E-state index >= 15 is 0 Å². The summed E-state index contributed by atoms with van der Waals surface area (Å²) >= 11 is 4.54. The van der Waals surface area contributed by atoms with Crippen LogP contribution in [-0.2, 0) is 10.0 Å². The summed E-state index contributed by atoms with van der Waals surface area (Å²) in [6.07, 6.45) is 5.42. The topological polar surface area (TPSA) is 46.2 Å². The molecule has 0 bridgehead atoms. The fraction of sp³-hybridized carbons (Fsp3) is 0.667. The zero-order chi connectivity index (χ0) is 13.2. The maximum absolute atomic E-state index is 12.2. The second-order valence-electron chi connectivity index (χ2n) is 4.82. The Labute approximate surface area is 121 Å². The largest absolute Gasteiger partial charge is 0.251 e. The van der Waals surface area contributed by atoms with Crippen molar-refractivity contribution in [2.75, 3.05) is 0 Å². The summed E-state index contributed by atoms with van der Waals surface area (Å²) in [7, 11) is -3.36. The molecule has 0 amide bonds. The quantitative estimate of drug-likeness (QED) is 0.897. The molecule has 1 N–H and O–H groups in total. The fourth-order valence-corrected chi connectivity index (χ4v) is 6.15. The van der Waals surface area contributed by atoms with Crippen molar-refractivity contribution in [3.05, 3.63) is 15.9 Å². The third-order valence-corrected chi connectivity index (χ3v) is 7.70. The van der Waals surface area contributed by atoms with Crippen molar-refractivity contribution in [1.29, 1.82) is 0 Å². The Morgan fingerprint density at radius 2 is 2.28 bits per heavy atom. The van der Waals surface area contributed by atoms with E-state index in [1.54, 1.807) is 11.4 Å². The average Bonchev–Trinajstić information content (AvgIpc) is 2.76. The number of hydrogen-bond donors (Lipinski definition) is 1. The highest BCUT2D eigenvalue weighted by molar-refractivity contribution is 9.10. The number of thiophene rings is 1. The first-order chi connectivity index (χ1) is 8.53. The van der Waals surface area contributed by atoms with Crippen LogP contribution >= 0.6 is 27.3 Å². The van der Waals surface area contributed by atoms with Gasteiger partial charge in [-0.15, -0.1) is 11.3 Å².